The molecule has 0 atom stereocenters. The Balaban J connectivity index is 1.99. The van der Waals surface area contributed by atoms with Crippen LogP contribution in [-0.2, 0) is 0 Å². The molecule has 2 aliphatic heterocycles. The lowest BCUT2D eigenvalue weighted by Crippen LogP contribution is -2.27. The van der Waals surface area contributed by atoms with Crippen molar-refractivity contribution in [2.24, 2.45) is 5.10 Å². The fraction of sp³-hybridized carbons (Fsp3) is 0.286. The number of amidine groups is 1. The molecule has 0 amide bonds. The second-order valence-corrected chi connectivity index (χ2v) is 3.19. The molecule has 0 bridgehead atoms. The number of nitrogens with zero attached hydrogens (tertiary/aromatic N) is 2. The Bertz CT molecular complexity index is 224. The lowest BCUT2D eigenvalue weighted by atomic mass is 10.6. The van der Waals surface area contributed by atoms with Crippen molar-refractivity contribution in [2.45, 2.75) is 0 Å². The number of hydrogen-bond acceptors (Lipinski definition) is 4. The van der Waals surface area contributed by atoms with Crippen molar-refractivity contribution in [3.8, 4) is 0 Å². The van der Waals surface area contributed by atoms with Gasteiger partial charge in [0.2, 0.25) is 0 Å². The largest absolute Gasteiger partial charge is 0.342 e. The first kappa shape index (κ1) is 6.79. The van der Waals surface area contributed by atoms with Crippen LogP contribution >= 0.6 is 11.8 Å². The molecule has 0 unspecified atom stereocenters. The third-order valence-electron chi connectivity index (χ3n) is 1.56. The van der Waals surface area contributed by atoms with Crippen molar-refractivity contribution >= 4 is 16.9 Å². The van der Waals surface area contributed by atoms with Crippen LogP contribution in [0.2, 0.25) is 0 Å². The van der Waals surface area contributed by atoms with Crippen LogP contribution in [0.15, 0.2) is 28.9 Å². The number of rotatable bonds is 0. The van der Waals surface area contributed by atoms with Gasteiger partial charge in [0.25, 0.3) is 0 Å². The monoisotopic (exact) mass is 167 g/mol. The molecule has 0 saturated carbocycles. The summed E-state index contributed by atoms with van der Waals surface area (Å²) in [6.45, 7) is 1.97. The van der Waals surface area contributed by atoms with E-state index < -0.39 is 0 Å². The Kier molecular flexibility index (Phi) is 1.85. The first-order valence-electron chi connectivity index (χ1n) is 3.51. The minimum Gasteiger partial charge on any atom is -0.342 e. The molecule has 0 saturated heterocycles. The van der Waals surface area contributed by atoms with Crippen molar-refractivity contribution in [3.63, 3.8) is 0 Å². The quantitative estimate of drug-likeness (QED) is 0.544. The van der Waals surface area contributed by atoms with Crippen LogP contribution < -0.4 is 5.43 Å². The van der Waals surface area contributed by atoms with E-state index in [0.717, 1.165) is 18.3 Å². The molecule has 1 N–H and O–H groups in total. The van der Waals surface area contributed by atoms with Crippen LogP contribution in [0.1, 0.15) is 0 Å². The zero-order valence-corrected chi connectivity index (χ0v) is 6.84. The van der Waals surface area contributed by atoms with Crippen molar-refractivity contribution in [1.29, 1.82) is 0 Å². The van der Waals surface area contributed by atoms with Gasteiger partial charge in [0, 0.05) is 19.3 Å². The fourth-order valence-corrected chi connectivity index (χ4v) is 1.68. The van der Waals surface area contributed by atoms with Gasteiger partial charge in [0.05, 0.1) is 0 Å². The van der Waals surface area contributed by atoms with Crippen molar-refractivity contribution in [2.75, 3.05) is 13.1 Å². The van der Waals surface area contributed by atoms with Gasteiger partial charge in [0.15, 0.2) is 5.17 Å². The first-order chi connectivity index (χ1) is 5.47. The summed E-state index contributed by atoms with van der Waals surface area (Å²) in [6, 6.07) is 0. The van der Waals surface area contributed by atoms with E-state index in [9.17, 15) is 0 Å². The van der Waals surface area contributed by atoms with Crippen LogP contribution in [0.3, 0.4) is 0 Å². The Morgan fingerprint density at radius 3 is 2.91 bits per heavy atom. The van der Waals surface area contributed by atoms with Crippen LogP contribution in [0, 0.1) is 0 Å². The maximum Gasteiger partial charge on any atom is 0.188 e. The van der Waals surface area contributed by atoms with E-state index in [1.807, 2.05) is 11.6 Å². The summed E-state index contributed by atoms with van der Waals surface area (Å²) < 4.78 is 0. The summed E-state index contributed by atoms with van der Waals surface area (Å²) in [7, 11) is 0. The van der Waals surface area contributed by atoms with Gasteiger partial charge in [0.1, 0.15) is 0 Å². The van der Waals surface area contributed by atoms with Gasteiger partial charge in [-0.1, -0.05) is 23.9 Å². The summed E-state index contributed by atoms with van der Waals surface area (Å²) in [5.74, 6) is 0. The van der Waals surface area contributed by atoms with E-state index in [1.54, 1.807) is 11.8 Å². The summed E-state index contributed by atoms with van der Waals surface area (Å²) in [6.07, 6.45) is 6.14. The highest BCUT2D eigenvalue weighted by molar-refractivity contribution is 8.16. The molecule has 11 heavy (non-hydrogen) atoms. The average molecular weight is 167 g/mol. The summed E-state index contributed by atoms with van der Waals surface area (Å²) in [4.78, 5) is 2.21. The van der Waals surface area contributed by atoms with Gasteiger partial charge >= 0.3 is 0 Å². The second-order valence-electron chi connectivity index (χ2n) is 2.32. The van der Waals surface area contributed by atoms with E-state index >= 15 is 0 Å². The van der Waals surface area contributed by atoms with E-state index in [2.05, 4.69) is 27.6 Å². The highest BCUT2D eigenvalue weighted by Crippen LogP contribution is 2.14. The molecular weight excluding hydrogens is 158 g/mol. The molecule has 0 aromatic heterocycles. The van der Waals surface area contributed by atoms with Crippen molar-refractivity contribution in [1.82, 2.24) is 10.3 Å². The Labute approximate surface area is 69.8 Å². The molecule has 0 radical (unpaired) electrons. The average Bonchev–Trinajstić information content (AvgIpc) is 2.58. The smallest absolute Gasteiger partial charge is 0.188 e. The molecule has 0 aliphatic carbocycles. The Hall–Kier alpha value is -0.900. The zero-order valence-electron chi connectivity index (χ0n) is 6.03. The maximum atomic E-state index is 4.14. The van der Waals surface area contributed by atoms with E-state index in [1.165, 1.54) is 0 Å². The van der Waals surface area contributed by atoms with Gasteiger partial charge < -0.3 is 4.90 Å². The first-order valence-corrected chi connectivity index (χ1v) is 4.39. The van der Waals surface area contributed by atoms with E-state index in [0.29, 0.717) is 0 Å². The molecule has 3 nitrogen and oxygen atoms in total. The summed E-state index contributed by atoms with van der Waals surface area (Å²) in [5.41, 5.74) is 2.83. The topological polar surface area (TPSA) is 27.6 Å². The predicted octanol–water partition coefficient (Wildman–Crippen LogP) is 0.937. The maximum absolute atomic E-state index is 4.14. The van der Waals surface area contributed by atoms with E-state index in [4.69, 9.17) is 0 Å². The van der Waals surface area contributed by atoms with Crippen LogP contribution in [0.25, 0.3) is 0 Å². The molecule has 58 valence electrons. The Morgan fingerprint density at radius 2 is 2.27 bits per heavy atom. The molecule has 0 aromatic rings. The van der Waals surface area contributed by atoms with Crippen LogP contribution in [0.5, 0.6) is 0 Å². The number of thioether (sulfide) groups is 1. The van der Waals surface area contributed by atoms with Gasteiger partial charge in [-0.15, -0.1) is 0 Å². The van der Waals surface area contributed by atoms with Crippen molar-refractivity contribution in [3.05, 3.63) is 23.8 Å². The Morgan fingerprint density at radius 1 is 1.45 bits per heavy atom. The lowest BCUT2D eigenvalue weighted by Gasteiger charge is -2.19. The van der Waals surface area contributed by atoms with E-state index in [-0.39, 0.29) is 0 Å². The molecular formula is C7H9N3S. The fourth-order valence-electron chi connectivity index (χ4n) is 1.02. The SMILES string of the molecule is C1=CCN(C2=NNC=CS2)C1. The standard InChI is InChI=1S/C7H9N3S/c1-2-5-10(4-1)7-9-8-3-6-11-7/h1-3,6,8H,4-5H2. The molecule has 0 spiro atoms. The zero-order chi connectivity index (χ0) is 7.52. The molecule has 2 rings (SSSR count). The lowest BCUT2D eigenvalue weighted by molar-refractivity contribution is 0.546. The minimum atomic E-state index is 0.987. The van der Waals surface area contributed by atoms with Crippen LogP contribution in [0.4, 0.5) is 0 Å². The normalized spacial score (nSPS) is 21.8. The van der Waals surface area contributed by atoms with Crippen LogP contribution in [-0.4, -0.2) is 23.2 Å². The van der Waals surface area contributed by atoms with Crippen molar-refractivity contribution < 1.29 is 0 Å². The second kappa shape index (κ2) is 3.00. The predicted molar refractivity (Wildman–Crippen MR) is 48.0 cm³/mol. The number of hydrogen-bond donors (Lipinski definition) is 1. The van der Waals surface area contributed by atoms with Gasteiger partial charge in [-0.3, -0.25) is 5.43 Å². The highest BCUT2D eigenvalue weighted by atomic mass is 32.2. The van der Waals surface area contributed by atoms with Gasteiger partial charge in [-0.05, 0) is 5.41 Å². The van der Waals surface area contributed by atoms with Gasteiger partial charge in [-0.25, -0.2) is 0 Å². The summed E-state index contributed by atoms with van der Waals surface area (Å²) >= 11 is 1.65. The third-order valence-corrected chi connectivity index (χ3v) is 2.40. The minimum absolute atomic E-state index is 0.987. The summed E-state index contributed by atoms with van der Waals surface area (Å²) in [5, 5.41) is 7.19. The molecule has 4 heteroatoms. The highest BCUT2D eigenvalue weighted by Gasteiger charge is 2.12. The molecule has 0 fully saturated rings. The molecule has 2 heterocycles. The number of hydrazone groups is 1. The third kappa shape index (κ3) is 1.40. The molecule has 2 aliphatic rings. The molecule has 0 aromatic carbocycles. The number of nitrogens with one attached hydrogen (secondary N) is 1. The van der Waals surface area contributed by atoms with Gasteiger partial charge in [-0.2, -0.15) is 5.10 Å².